The molecule has 1 aromatic carbocycles. The number of carbonyl (C=O) groups excluding carboxylic acids is 1. The van der Waals surface area contributed by atoms with Crippen molar-refractivity contribution in [3.8, 4) is 0 Å². The second-order valence-electron chi connectivity index (χ2n) is 4.89. The Bertz CT molecular complexity index is 454. The molecular weight excluding hydrogens is 234 g/mol. The first-order valence-electron chi connectivity index (χ1n) is 5.49. The number of benzene rings is 1. The maximum Gasteiger partial charge on any atom is 0.234 e. The zero-order valence-electron chi connectivity index (χ0n) is 9.99. The van der Waals surface area contributed by atoms with Gasteiger partial charge in [-0.15, -0.1) is 11.8 Å². The van der Waals surface area contributed by atoms with Crippen molar-refractivity contribution in [1.29, 1.82) is 0 Å². The summed E-state index contributed by atoms with van der Waals surface area (Å²) in [4.78, 5) is 12.4. The van der Waals surface area contributed by atoms with Crippen LogP contribution in [0.2, 0.25) is 0 Å². The van der Waals surface area contributed by atoms with E-state index < -0.39 is 5.54 Å². The van der Waals surface area contributed by atoms with Crippen LogP contribution < -0.4 is 16.8 Å². The molecule has 1 amide bonds. The maximum absolute atomic E-state index is 11.3. The van der Waals surface area contributed by atoms with Gasteiger partial charge in [0.2, 0.25) is 5.91 Å². The topological polar surface area (TPSA) is 81.1 Å². The van der Waals surface area contributed by atoms with Crippen molar-refractivity contribution in [1.82, 2.24) is 0 Å². The molecule has 0 radical (unpaired) electrons. The Morgan fingerprint density at radius 1 is 1.47 bits per heavy atom. The Balaban J connectivity index is 2.33. The van der Waals surface area contributed by atoms with Crippen molar-refractivity contribution in [2.75, 3.05) is 11.1 Å². The van der Waals surface area contributed by atoms with Crippen molar-refractivity contribution in [2.45, 2.75) is 30.3 Å². The van der Waals surface area contributed by atoms with Gasteiger partial charge in [0.25, 0.3) is 0 Å². The molecular formula is C12H17N3OS. The standard InChI is InChI=1S/C12H17N3OS/c1-12(2,14)11(13)7-3-4-9-8(5-7)15-10(16)6-17-9/h3-5,11H,6,13-14H2,1-2H3,(H,15,16). The number of fused-ring (bicyclic) bond motifs is 1. The third-order valence-electron chi connectivity index (χ3n) is 2.80. The minimum absolute atomic E-state index is 0.0280. The van der Waals surface area contributed by atoms with Crippen molar-refractivity contribution >= 4 is 23.4 Å². The molecule has 4 nitrogen and oxygen atoms in total. The van der Waals surface area contributed by atoms with Crippen LogP contribution in [-0.2, 0) is 4.79 Å². The fourth-order valence-electron chi connectivity index (χ4n) is 1.72. The van der Waals surface area contributed by atoms with Crippen molar-refractivity contribution < 1.29 is 4.79 Å². The van der Waals surface area contributed by atoms with Crippen molar-refractivity contribution in [3.05, 3.63) is 23.8 Å². The predicted molar refractivity (Wildman–Crippen MR) is 71.0 cm³/mol. The van der Waals surface area contributed by atoms with Gasteiger partial charge in [-0.05, 0) is 31.5 Å². The summed E-state index contributed by atoms with van der Waals surface area (Å²) >= 11 is 1.54. The second kappa shape index (κ2) is 4.33. The molecule has 0 saturated heterocycles. The fraction of sp³-hybridized carbons (Fsp3) is 0.417. The van der Waals surface area contributed by atoms with Gasteiger partial charge in [0.05, 0.1) is 11.4 Å². The first-order chi connectivity index (χ1) is 7.88. The fourth-order valence-corrected chi connectivity index (χ4v) is 2.51. The van der Waals surface area contributed by atoms with Gasteiger partial charge in [0.1, 0.15) is 0 Å². The summed E-state index contributed by atoms with van der Waals surface area (Å²) < 4.78 is 0. The highest BCUT2D eigenvalue weighted by atomic mass is 32.2. The molecule has 0 spiro atoms. The number of nitrogens with two attached hydrogens (primary N) is 2. The summed E-state index contributed by atoms with van der Waals surface area (Å²) in [5, 5.41) is 2.85. The number of anilines is 1. The lowest BCUT2D eigenvalue weighted by atomic mass is 9.90. The first kappa shape index (κ1) is 12.4. The van der Waals surface area contributed by atoms with E-state index in [2.05, 4.69) is 5.32 Å². The van der Waals surface area contributed by atoms with Gasteiger partial charge in [-0.2, -0.15) is 0 Å². The van der Waals surface area contributed by atoms with E-state index in [1.165, 1.54) is 0 Å². The molecule has 1 aliphatic heterocycles. The van der Waals surface area contributed by atoms with Gasteiger partial charge in [-0.3, -0.25) is 4.79 Å². The molecule has 0 fully saturated rings. The Hall–Kier alpha value is -1.04. The third kappa shape index (κ3) is 2.62. The van der Waals surface area contributed by atoms with E-state index in [0.29, 0.717) is 5.75 Å². The molecule has 1 aliphatic rings. The van der Waals surface area contributed by atoms with Gasteiger partial charge in [0, 0.05) is 16.5 Å². The summed E-state index contributed by atoms with van der Waals surface area (Å²) in [6.07, 6.45) is 0. The number of carbonyl (C=O) groups is 1. The second-order valence-corrected chi connectivity index (χ2v) is 5.91. The minimum atomic E-state index is -0.486. The molecule has 2 rings (SSSR count). The number of hydrogen-bond donors (Lipinski definition) is 3. The van der Waals surface area contributed by atoms with E-state index in [4.69, 9.17) is 11.5 Å². The molecule has 1 heterocycles. The van der Waals surface area contributed by atoms with Crippen LogP contribution >= 0.6 is 11.8 Å². The highest BCUT2D eigenvalue weighted by Crippen LogP contribution is 2.34. The molecule has 0 aromatic heterocycles. The number of amides is 1. The minimum Gasteiger partial charge on any atom is -0.324 e. The lowest BCUT2D eigenvalue weighted by molar-refractivity contribution is -0.113. The predicted octanol–water partition coefficient (Wildman–Crippen LogP) is 1.47. The molecule has 1 aromatic rings. The van der Waals surface area contributed by atoms with Crippen LogP contribution in [0.4, 0.5) is 5.69 Å². The van der Waals surface area contributed by atoms with Gasteiger partial charge in [0.15, 0.2) is 0 Å². The van der Waals surface area contributed by atoms with Gasteiger partial charge >= 0.3 is 0 Å². The monoisotopic (exact) mass is 251 g/mol. The van der Waals surface area contributed by atoms with E-state index in [1.807, 2.05) is 32.0 Å². The number of thioether (sulfide) groups is 1. The smallest absolute Gasteiger partial charge is 0.234 e. The lowest BCUT2D eigenvalue weighted by Gasteiger charge is -2.28. The molecule has 92 valence electrons. The first-order valence-corrected chi connectivity index (χ1v) is 6.47. The maximum atomic E-state index is 11.3. The number of nitrogens with one attached hydrogen (secondary N) is 1. The molecule has 1 atom stereocenters. The van der Waals surface area contributed by atoms with Crippen LogP contribution in [0.1, 0.15) is 25.5 Å². The summed E-state index contributed by atoms with van der Waals surface area (Å²) in [5.41, 5.74) is 13.4. The van der Waals surface area contributed by atoms with Crippen LogP contribution in [0, 0.1) is 0 Å². The van der Waals surface area contributed by atoms with E-state index in [-0.39, 0.29) is 11.9 Å². The van der Waals surface area contributed by atoms with E-state index in [9.17, 15) is 4.79 Å². The van der Waals surface area contributed by atoms with E-state index in [0.717, 1.165) is 16.1 Å². The van der Waals surface area contributed by atoms with Gasteiger partial charge < -0.3 is 16.8 Å². The normalized spacial score (nSPS) is 17.3. The number of rotatable bonds is 2. The van der Waals surface area contributed by atoms with Crippen LogP contribution in [-0.4, -0.2) is 17.2 Å². The zero-order chi connectivity index (χ0) is 12.6. The zero-order valence-corrected chi connectivity index (χ0v) is 10.8. The highest BCUT2D eigenvalue weighted by molar-refractivity contribution is 8.00. The summed E-state index contributed by atoms with van der Waals surface area (Å²) in [6.45, 7) is 3.79. The molecule has 5 heteroatoms. The summed E-state index contributed by atoms with van der Waals surface area (Å²) in [6, 6.07) is 5.62. The Kier molecular flexibility index (Phi) is 3.16. The summed E-state index contributed by atoms with van der Waals surface area (Å²) in [5.74, 6) is 0.501. The Morgan fingerprint density at radius 2 is 2.18 bits per heavy atom. The largest absolute Gasteiger partial charge is 0.324 e. The van der Waals surface area contributed by atoms with Crippen LogP contribution in [0.5, 0.6) is 0 Å². The van der Waals surface area contributed by atoms with Crippen LogP contribution in [0.25, 0.3) is 0 Å². The molecule has 1 unspecified atom stereocenters. The Labute approximate surface area is 105 Å². The van der Waals surface area contributed by atoms with E-state index in [1.54, 1.807) is 11.8 Å². The van der Waals surface area contributed by atoms with Gasteiger partial charge in [-0.1, -0.05) is 6.07 Å². The SMILES string of the molecule is CC(C)(N)C(N)c1ccc2c(c1)NC(=O)CS2. The summed E-state index contributed by atoms with van der Waals surface area (Å²) in [7, 11) is 0. The molecule has 17 heavy (non-hydrogen) atoms. The van der Waals surface area contributed by atoms with Crippen LogP contribution in [0.15, 0.2) is 23.1 Å². The molecule has 0 aliphatic carbocycles. The Morgan fingerprint density at radius 3 is 2.82 bits per heavy atom. The molecule has 0 saturated carbocycles. The average Bonchev–Trinajstić information content (AvgIpc) is 2.25. The third-order valence-corrected chi connectivity index (χ3v) is 3.87. The van der Waals surface area contributed by atoms with Crippen molar-refractivity contribution in [2.24, 2.45) is 11.5 Å². The highest BCUT2D eigenvalue weighted by Gasteiger charge is 2.24. The number of hydrogen-bond acceptors (Lipinski definition) is 4. The van der Waals surface area contributed by atoms with Crippen molar-refractivity contribution in [3.63, 3.8) is 0 Å². The van der Waals surface area contributed by atoms with E-state index >= 15 is 0 Å². The quantitative estimate of drug-likeness (QED) is 0.743. The lowest BCUT2D eigenvalue weighted by Crippen LogP contribution is -2.43. The molecule has 5 N–H and O–H groups in total. The average molecular weight is 251 g/mol. The van der Waals surface area contributed by atoms with Crippen LogP contribution in [0.3, 0.4) is 0 Å². The van der Waals surface area contributed by atoms with Gasteiger partial charge in [-0.25, -0.2) is 0 Å². The molecule has 0 bridgehead atoms.